The van der Waals surface area contributed by atoms with E-state index in [1.165, 1.54) is 19.3 Å². The minimum atomic E-state index is 0.0677. The largest absolute Gasteiger partial charge is 0.377 e. The molecule has 1 amide bonds. The van der Waals surface area contributed by atoms with Crippen LogP contribution in [-0.4, -0.2) is 37.7 Å². The van der Waals surface area contributed by atoms with E-state index in [2.05, 4.69) is 10.6 Å². The van der Waals surface area contributed by atoms with Crippen LogP contribution in [0, 0.1) is 11.8 Å². The smallest absolute Gasteiger partial charge is 0.237 e. The highest BCUT2D eigenvalue weighted by molar-refractivity contribution is 5.83. The molecule has 1 aliphatic carbocycles. The van der Waals surface area contributed by atoms with E-state index in [0.29, 0.717) is 19.1 Å². The molecule has 84 valence electrons. The summed E-state index contributed by atoms with van der Waals surface area (Å²) in [4.78, 5) is 12.0. The minimum absolute atomic E-state index is 0.0677. The van der Waals surface area contributed by atoms with Crippen LogP contribution in [0.4, 0.5) is 0 Å². The summed E-state index contributed by atoms with van der Waals surface area (Å²) in [6.07, 6.45) is 3.82. The third-order valence-electron chi connectivity index (χ3n) is 4.01. The van der Waals surface area contributed by atoms with E-state index in [4.69, 9.17) is 4.74 Å². The lowest BCUT2D eigenvalue weighted by Gasteiger charge is -2.29. The van der Waals surface area contributed by atoms with Crippen LogP contribution in [-0.2, 0) is 9.53 Å². The molecular formula is C11H18N2O2. The van der Waals surface area contributed by atoms with Gasteiger partial charge in [0.05, 0.1) is 25.3 Å². The highest BCUT2D eigenvalue weighted by Crippen LogP contribution is 2.37. The Bertz CT molecular complexity index is 265. The number of amides is 1. The first-order valence-electron chi connectivity index (χ1n) is 5.96. The predicted molar refractivity (Wildman–Crippen MR) is 55.4 cm³/mol. The molecule has 0 radical (unpaired) electrons. The lowest BCUT2D eigenvalue weighted by Crippen LogP contribution is -2.54. The van der Waals surface area contributed by atoms with Crippen LogP contribution in [0.2, 0.25) is 0 Å². The summed E-state index contributed by atoms with van der Waals surface area (Å²) in [5.74, 6) is 1.53. The monoisotopic (exact) mass is 210 g/mol. The molecule has 0 aromatic heterocycles. The van der Waals surface area contributed by atoms with Crippen LogP contribution < -0.4 is 10.6 Å². The molecule has 15 heavy (non-hydrogen) atoms. The first-order chi connectivity index (χ1) is 7.34. The summed E-state index contributed by atoms with van der Waals surface area (Å²) in [6, 6.07) is 0.331. The summed E-state index contributed by atoms with van der Waals surface area (Å²) < 4.78 is 5.05. The maximum Gasteiger partial charge on any atom is 0.237 e. The van der Waals surface area contributed by atoms with Crippen molar-refractivity contribution in [2.24, 2.45) is 11.8 Å². The van der Waals surface area contributed by atoms with E-state index >= 15 is 0 Å². The number of hydrogen-bond donors (Lipinski definition) is 2. The lowest BCUT2D eigenvalue weighted by molar-refractivity contribution is -0.127. The maximum absolute atomic E-state index is 12.0. The van der Waals surface area contributed by atoms with Gasteiger partial charge in [-0.05, 0) is 31.2 Å². The van der Waals surface area contributed by atoms with Gasteiger partial charge in [-0.2, -0.15) is 0 Å². The lowest BCUT2D eigenvalue weighted by atomic mass is 9.93. The number of rotatable bonds is 2. The Hall–Kier alpha value is -0.610. The molecule has 3 aliphatic rings. The van der Waals surface area contributed by atoms with Crippen molar-refractivity contribution in [2.45, 2.75) is 31.3 Å². The van der Waals surface area contributed by atoms with Crippen molar-refractivity contribution in [3.05, 3.63) is 0 Å². The highest BCUT2D eigenvalue weighted by Gasteiger charge is 2.42. The Morgan fingerprint density at radius 3 is 2.93 bits per heavy atom. The van der Waals surface area contributed by atoms with Crippen molar-refractivity contribution in [3.8, 4) is 0 Å². The molecule has 2 saturated heterocycles. The summed E-state index contributed by atoms with van der Waals surface area (Å²) >= 11 is 0. The van der Waals surface area contributed by atoms with Crippen molar-refractivity contribution in [1.29, 1.82) is 0 Å². The molecule has 3 unspecified atom stereocenters. The van der Waals surface area contributed by atoms with Crippen molar-refractivity contribution < 1.29 is 9.53 Å². The fourth-order valence-electron chi connectivity index (χ4n) is 3.08. The SMILES string of the molecule is O=C(NC1COC1)C1NCC2CCCC21. The maximum atomic E-state index is 12.0. The normalized spacial score (nSPS) is 39.9. The number of fused-ring (bicyclic) bond motifs is 1. The van der Waals surface area contributed by atoms with Gasteiger partial charge in [-0.15, -0.1) is 0 Å². The molecule has 1 saturated carbocycles. The van der Waals surface area contributed by atoms with Crippen molar-refractivity contribution in [2.75, 3.05) is 19.8 Å². The molecule has 0 aromatic carbocycles. The third kappa shape index (κ3) is 1.66. The topological polar surface area (TPSA) is 50.4 Å². The zero-order valence-electron chi connectivity index (χ0n) is 8.87. The van der Waals surface area contributed by atoms with E-state index in [0.717, 1.165) is 12.5 Å². The summed E-state index contributed by atoms with van der Waals surface area (Å²) in [7, 11) is 0. The molecule has 4 heteroatoms. The Morgan fingerprint density at radius 1 is 1.33 bits per heavy atom. The Labute approximate surface area is 89.7 Å². The van der Waals surface area contributed by atoms with Gasteiger partial charge in [0, 0.05) is 0 Å². The number of nitrogens with one attached hydrogen (secondary N) is 2. The summed E-state index contributed by atoms with van der Waals surface area (Å²) in [6.45, 7) is 2.41. The van der Waals surface area contributed by atoms with Gasteiger partial charge in [-0.25, -0.2) is 0 Å². The van der Waals surface area contributed by atoms with Gasteiger partial charge in [-0.3, -0.25) is 4.79 Å². The van der Waals surface area contributed by atoms with E-state index in [1.807, 2.05) is 0 Å². The Morgan fingerprint density at radius 2 is 2.20 bits per heavy atom. The van der Waals surface area contributed by atoms with Gasteiger partial charge in [0.25, 0.3) is 0 Å². The number of carbonyl (C=O) groups excluding carboxylic acids is 1. The average Bonchev–Trinajstić information content (AvgIpc) is 2.71. The summed E-state index contributed by atoms with van der Waals surface area (Å²) in [5.41, 5.74) is 0. The number of carbonyl (C=O) groups is 1. The second-order valence-corrected chi connectivity index (χ2v) is 4.98. The van der Waals surface area contributed by atoms with Gasteiger partial charge >= 0.3 is 0 Å². The van der Waals surface area contributed by atoms with E-state index in [-0.39, 0.29) is 18.0 Å². The molecule has 2 heterocycles. The second kappa shape index (κ2) is 3.76. The average molecular weight is 210 g/mol. The Kier molecular flexibility index (Phi) is 2.41. The molecule has 0 spiro atoms. The van der Waals surface area contributed by atoms with Crippen LogP contribution in [0.1, 0.15) is 19.3 Å². The van der Waals surface area contributed by atoms with Gasteiger partial charge in [0.2, 0.25) is 5.91 Å². The van der Waals surface area contributed by atoms with Crippen molar-refractivity contribution >= 4 is 5.91 Å². The highest BCUT2D eigenvalue weighted by atomic mass is 16.5. The molecule has 0 aromatic rings. The van der Waals surface area contributed by atoms with Crippen LogP contribution in [0.3, 0.4) is 0 Å². The van der Waals surface area contributed by atoms with Crippen LogP contribution in [0.5, 0.6) is 0 Å². The second-order valence-electron chi connectivity index (χ2n) is 4.98. The van der Waals surface area contributed by atoms with Gasteiger partial charge in [0.15, 0.2) is 0 Å². The fraction of sp³-hybridized carbons (Fsp3) is 0.909. The first-order valence-corrected chi connectivity index (χ1v) is 5.96. The molecule has 3 rings (SSSR count). The Balaban J connectivity index is 1.58. The zero-order chi connectivity index (χ0) is 10.3. The predicted octanol–water partition coefficient (Wildman–Crippen LogP) is -0.111. The van der Waals surface area contributed by atoms with E-state index < -0.39 is 0 Å². The van der Waals surface area contributed by atoms with Crippen LogP contribution in [0.25, 0.3) is 0 Å². The summed E-state index contributed by atoms with van der Waals surface area (Å²) in [5, 5.41) is 6.40. The number of ether oxygens (including phenoxy) is 1. The fourth-order valence-corrected chi connectivity index (χ4v) is 3.08. The molecule has 2 N–H and O–H groups in total. The van der Waals surface area contributed by atoms with Crippen molar-refractivity contribution in [1.82, 2.24) is 10.6 Å². The molecule has 3 fully saturated rings. The molecule has 2 aliphatic heterocycles. The molecular weight excluding hydrogens is 192 g/mol. The minimum Gasteiger partial charge on any atom is -0.377 e. The van der Waals surface area contributed by atoms with Crippen LogP contribution >= 0.6 is 0 Å². The van der Waals surface area contributed by atoms with Crippen LogP contribution in [0.15, 0.2) is 0 Å². The standard InChI is InChI=1S/C11H18N2O2/c14-11(13-8-5-15-6-8)10-9-3-1-2-7(9)4-12-10/h7-10,12H,1-6H2,(H,13,14). The van der Waals surface area contributed by atoms with Gasteiger partial charge in [0.1, 0.15) is 0 Å². The van der Waals surface area contributed by atoms with E-state index in [9.17, 15) is 4.79 Å². The number of hydrogen-bond acceptors (Lipinski definition) is 3. The van der Waals surface area contributed by atoms with E-state index in [1.54, 1.807) is 0 Å². The quantitative estimate of drug-likeness (QED) is 0.668. The molecule has 0 bridgehead atoms. The van der Waals surface area contributed by atoms with Gasteiger partial charge in [-0.1, -0.05) is 6.42 Å². The molecule has 3 atom stereocenters. The third-order valence-corrected chi connectivity index (χ3v) is 4.01. The zero-order valence-corrected chi connectivity index (χ0v) is 8.87. The van der Waals surface area contributed by atoms with Gasteiger partial charge < -0.3 is 15.4 Å². The molecule has 4 nitrogen and oxygen atoms in total. The van der Waals surface area contributed by atoms with Crippen molar-refractivity contribution in [3.63, 3.8) is 0 Å². The first kappa shape index (κ1) is 9.60.